The maximum absolute atomic E-state index is 11.3. The molecule has 5 nitrogen and oxygen atoms in total. The number of halogens is 1. The Morgan fingerprint density at radius 3 is 3.21 bits per heavy atom. The molecular formula is C8H9ClN4O. The van der Waals surface area contributed by atoms with Gasteiger partial charge in [-0.1, -0.05) is 0 Å². The van der Waals surface area contributed by atoms with Gasteiger partial charge in [0.2, 0.25) is 11.2 Å². The van der Waals surface area contributed by atoms with Gasteiger partial charge in [0.1, 0.15) is 5.69 Å². The van der Waals surface area contributed by atoms with Crippen molar-refractivity contribution in [3.8, 4) is 0 Å². The normalized spacial score (nSPS) is 20.4. The van der Waals surface area contributed by atoms with Gasteiger partial charge in [-0.3, -0.25) is 4.79 Å². The van der Waals surface area contributed by atoms with E-state index in [0.29, 0.717) is 17.9 Å². The molecule has 1 aromatic rings. The van der Waals surface area contributed by atoms with Crippen LogP contribution in [0.15, 0.2) is 6.20 Å². The van der Waals surface area contributed by atoms with Crippen molar-refractivity contribution in [2.24, 2.45) is 0 Å². The van der Waals surface area contributed by atoms with Gasteiger partial charge in [-0.15, -0.1) is 0 Å². The monoisotopic (exact) mass is 212 g/mol. The third-order valence-corrected chi connectivity index (χ3v) is 2.09. The van der Waals surface area contributed by atoms with Crippen LogP contribution in [0.5, 0.6) is 0 Å². The summed E-state index contributed by atoms with van der Waals surface area (Å²) in [6.45, 7) is 1.91. The van der Waals surface area contributed by atoms with Gasteiger partial charge in [-0.05, 0) is 18.5 Å². The summed E-state index contributed by atoms with van der Waals surface area (Å²) in [5, 5.41) is 5.94. The van der Waals surface area contributed by atoms with Crippen LogP contribution in [-0.2, 0) is 4.79 Å². The molecule has 2 heterocycles. The molecule has 74 valence electrons. The van der Waals surface area contributed by atoms with Gasteiger partial charge in [-0.2, -0.15) is 4.98 Å². The van der Waals surface area contributed by atoms with Crippen molar-refractivity contribution in [3.05, 3.63) is 11.5 Å². The SMILES string of the molecule is CC1CC(=O)Nc2cnc(Cl)nc2N1. The molecule has 0 aliphatic carbocycles. The summed E-state index contributed by atoms with van der Waals surface area (Å²) < 4.78 is 0. The number of carbonyl (C=O) groups excluding carboxylic acids is 1. The Hall–Kier alpha value is -1.36. The zero-order valence-electron chi connectivity index (χ0n) is 7.54. The smallest absolute Gasteiger partial charge is 0.226 e. The summed E-state index contributed by atoms with van der Waals surface area (Å²) in [6.07, 6.45) is 1.90. The fourth-order valence-electron chi connectivity index (χ4n) is 1.33. The highest BCUT2D eigenvalue weighted by Gasteiger charge is 2.18. The van der Waals surface area contributed by atoms with Crippen LogP contribution in [0.4, 0.5) is 11.5 Å². The van der Waals surface area contributed by atoms with E-state index in [1.807, 2.05) is 6.92 Å². The maximum Gasteiger partial charge on any atom is 0.226 e. The number of amides is 1. The van der Waals surface area contributed by atoms with Crippen molar-refractivity contribution in [3.63, 3.8) is 0 Å². The third kappa shape index (κ3) is 1.77. The van der Waals surface area contributed by atoms with Gasteiger partial charge in [0, 0.05) is 12.5 Å². The average molecular weight is 213 g/mol. The standard InChI is InChI=1S/C8H9ClN4O/c1-4-2-6(14)12-5-3-10-8(9)13-7(5)11-4/h3-4H,2H2,1H3,(H,12,14)(H,10,11,13). The first-order valence-electron chi connectivity index (χ1n) is 4.24. The second-order valence-electron chi connectivity index (χ2n) is 3.20. The van der Waals surface area contributed by atoms with Crippen molar-refractivity contribution in [2.45, 2.75) is 19.4 Å². The molecule has 1 aromatic heterocycles. The number of fused-ring (bicyclic) bond motifs is 1. The highest BCUT2D eigenvalue weighted by Crippen LogP contribution is 2.23. The van der Waals surface area contributed by atoms with E-state index in [1.54, 1.807) is 0 Å². The van der Waals surface area contributed by atoms with E-state index in [9.17, 15) is 4.79 Å². The number of rotatable bonds is 0. The van der Waals surface area contributed by atoms with E-state index in [-0.39, 0.29) is 17.2 Å². The molecule has 0 aromatic carbocycles. The number of hydrogen-bond donors (Lipinski definition) is 2. The highest BCUT2D eigenvalue weighted by atomic mass is 35.5. The van der Waals surface area contributed by atoms with Gasteiger partial charge in [-0.25, -0.2) is 4.98 Å². The quantitative estimate of drug-likeness (QED) is 0.636. The Labute approximate surface area is 85.9 Å². The molecule has 14 heavy (non-hydrogen) atoms. The molecule has 0 radical (unpaired) electrons. The lowest BCUT2D eigenvalue weighted by molar-refractivity contribution is -0.116. The van der Waals surface area contributed by atoms with Crippen molar-refractivity contribution < 1.29 is 4.79 Å². The second kappa shape index (κ2) is 3.42. The van der Waals surface area contributed by atoms with Crippen molar-refractivity contribution in [1.82, 2.24) is 9.97 Å². The molecule has 2 rings (SSSR count). The van der Waals surface area contributed by atoms with Crippen molar-refractivity contribution >= 4 is 29.0 Å². The highest BCUT2D eigenvalue weighted by molar-refractivity contribution is 6.28. The molecule has 1 aliphatic rings. The number of hydrogen-bond acceptors (Lipinski definition) is 4. The first kappa shape index (κ1) is 9.21. The fourth-order valence-corrected chi connectivity index (χ4v) is 1.46. The number of anilines is 2. The van der Waals surface area contributed by atoms with E-state index in [1.165, 1.54) is 6.20 Å². The summed E-state index contributed by atoms with van der Waals surface area (Å²) in [5.74, 6) is 0.526. The molecular weight excluding hydrogens is 204 g/mol. The second-order valence-corrected chi connectivity index (χ2v) is 3.54. The Kier molecular flexibility index (Phi) is 2.25. The number of carbonyl (C=O) groups is 1. The molecule has 1 aliphatic heterocycles. The molecule has 2 N–H and O–H groups in total. The van der Waals surface area contributed by atoms with E-state index >= 15 is 0 Å². The Balaban J connectivity index is 2.41. The molecule has 0 saturated carbocycles. The zero-order chi connectivity index (χ0) is 10.1. The van der Waals surface area contributed by atoms with Gasteiger partial charge >= 0.3 is 0 Å². The molecule has 0 fully saturated rings. The molecule has 1 atom stereocenters. The molecule has 0 bridgehead atoms. The minimum absolute atomic E-state index is 0.0437. The van der Waals surface area contributed by atoms with E-state index in [2.05, 4.69) is 20.6 Å². The zero-order valence-corrected chi connectivity index (χ0v) is 8.30. The van der Waals surface area contributed by atoms with Crippen LogP contribution in [-0.4, -0.2) is 21.9 Å². The minimum atomic E-state index is -0.0466. The van der Waals surface area contributed by atoms with Crippen LogP contribution in [0.3, 0.4) is 0 Å². The maximum atomic E-state index is 11.3. The van der Waals surface area contributed by atoms with Crippen LogP contribution in [0, 0.1) is 0 Å². The lowest BCUT2D eigenvalue weighted by atomic mass is 10.2. The first-order chi connectivity index (χ1) is 6.65. The Morgan fingerprint density at radius 1 is 1.64 bits per heavy atom. The summed E-state index contributed by atoms with van der Waals surface area (Å²) in [6, 6.07) is 0.0437. The number of aromatic nitrogens is 2. The van der Waals surface area contributed by atoms with Crippen LogP contribution >= 0.6 is 11.6 Å². The number of nitrogens with one attached hydrogen (secondary N) is 2. The van der Waals surface area contributed by atoms with E-state index < -0.39 is 0 Å². The summed E-state index contributed by atoms with van der Waals surface area (Å²) in [4.78, 5) is 19.1. The van der Waals surface area contributed by atoms with Crippen molar-refractivity contribution in [1.29, 1.82) is 0 Å². The van der Waals surface area contributed by atoms with Gasteiger partial charge in [0.05, 0.1) is 6.20 Å². The minimum Gasteiger partial charge on any atom is -0.365 e. The van der Waals surface area contributed by atoms with Crippen LogP contribution in [0.1, 0.15) is 13.3 Å². The Morgan fingerprint density at radius 2 is 2.43 bits per heavy atom. The fraction of sp³-hybridized carbons (Fsp3) is 0.375. The Bertz CT molecular complexity index is 382. The average Bonchev–Trinajstić information content (AvgIpc) is 2.21. The van der Waals surface area contributed by atoms with Crippen LogP contribution in [0.2, 0.25) is 5.28 Å². The van der Waals surface area contributed by atoms with Crippen molar-refractivity contribution in [2.75, 3.05) is 10.6 Å². The largest absolute Gasteiger partial charge is 0.365 e. The molecule has 0 saturated heterocycles. The van der Waals surface area contributed by atoms with Gasteiger partial charge in [0.15, 0.2) is 5.82 Å². The topological polar surface area (TPSA) is 66.9 Å². The van der Waals surface area contributed by atoms with E-state index in [0.717, 1.165) is 0 Å². The van der Waals surface area contributed by atoms with Gasteiger partial charge in [0.25, 0.3) is 0 Å². The summed E-state index contributed by atoms with van der Waals surface area (Å²) in [7, 11) is 0. The van der Waals surface area contributed by atoms with Crippen LogP contribution in [0.25, 0.3) is 0 Å². The lowest BCUT2D eigenvalue weighted by Crippen LogP contribution is -2.19. The molecule has 1 amide bonds. The summed E-state index contributed by atoms with van der Waals surface area (Å²) >= 11 is 5.64. The lowest BCUT2D eigenvalue weighted by Gasteiger charge is -2.09. The predicted molar refractivity (Wildman–Crippen MR) is 53.4 cm³/mol. The predicted octanol–water partition coefficient (Wildman–Crippen LogP) is 1.27. The molecule has 6 heteroatoms. The van der Waals surface area contributed by atoms with Gasteiger partial charge < -0.3 is 10.6 Å². The summed E-state index contributed by atoms with van der Waals surface area (Å²) in [5.41, 5.74) is 0.573. The molecule has 1 unspecified atom stereocenters. The third-order valence-electron chi connectivity index (χ3n) is 1.91. The molecule has 0 spiro atoms. The van der Waals surface area contributed by atoms with E-state index in [4.69, 9.17) is 11.6 Å². The first-order valence-corrected chi connectivity index (χ1v) is 4.62. The van der Waals surface area contributed by atoms with Crippen LogP contribution < -0.4 is 10.6 Å². The number of nitrogens with zero attached hydrogens (tertiary/aromatic N) is 2.